The third kappa shape index (κ3) is 3.48. The van der Waals surface area contributed by atoms with Crippen LogP contribution in [0, 0.1) is 0 Å². The van der Waals surface area contributed by atoms with Gasteiger partial charge in [0.15, 0.2) is 0 Å². The molecule has 0 heterocycles. The van der Waals surface area contributed by atoms with Crippen molar-refractivity contribution in [3.8, 4) is 0 Å². The van der Waals surface area contributed by atoms with Gasteiger partial charge in [0.05, 0.1) is 7.11 Å². The molecule has 0 radical (unpaired) electrons. The normalized spacial score (nSPS) is 11.6. The Balaban J connectivity index is 2.78. The largest absolute Gasteiger partial charge is 0.467 e. The number of rotatable bonds is 4. The van der Waals surface area contributed by atoms with Gasteiger partial charge in [-0.15, -0.1) is 0 Å². The molecule has 0 spiro atoms. The molecule has 1 amide bonds. The topological polar surface area (TPSA) is 58.6 Å². The van der Waals surface area contributed by atoms with E-state index in [4.69, 9.17) is 0 Å². The first kappa shape index (κ1) is 14.0. The van der Waals surface area contributed by atoms with Crippen LogP contribution in [0.15, 0.2) is 24.3 Å². The zero-order chi connectivity index (χ0) is 13.7. The molecule has 0 aliphatic heterocycles. The van der Waals surface area contributed by atoms with Crippen molar-refractivity contribution in [2.24, 2.45) is 0 Å². The van der Waals surface area contributed by atoms with Crippen LogP contribution in [0.4, 0.5) is 5.69 Å². The second-order valence-electron chi connectivity index (χ2n) is 4.16. The van der Waals surface area contributed by atoms with Crippen LogP contribution in [0.2, 0.25) is 0 Å². The van der Waals surface area contributed by atoms with Gasteiger partial charge >= 0.3 is 5.97 Å². The Bertz CT molecular complexity index is 444. The van der Waals surface area contributed by atoms with E-state index in [-0.39, 0.29) is 5.91 Å². The van der Waals surface area contributed by atoms with Crippen LogP contribution in [0.3, 0.4) is 0 Å². The van der Waals surface area contributed by atoms with E-state index >= 15 is 0 Å². The fourth-order valence-corrected chi connectivity index (χ4v) is 1.44. The lowest BCUT2D eigenvalue weighted by Gasteiger charge is -2.15. The first-order valence-corrected chi connectivity index (χ1v) is 5.61. The summed E-state index contributed by atoms with van der Waals surface area (Å²) in [5.41, 5.74) is 1.44. The third-order valence-corrected chi connectivity index (χ3v) is 2.53. The summed E-state index contributed by atoms with van der Waals surface area (Å²) in [6.07, 6.45) is 0. The number of anilines is 1. The lowest BCUT2D eigenvalue weighted by Crippen LogP contribution is -2.39. The van der Waals surface area contributed by atoms with Crippen LogP contribution in [0.1, 0.15) is 17.3 Å². The van der Waals surface area contributed by atoms with Crippen molar-refractivity contribution in [3.05, 3.63) is 29.8 Å². The molecule has 98 valence electrons. The Labute approximate surface area is 107 Å². The van der Waals surface area contributed by atoms with Crippen LogP contribution < -0.4 is 10.2 Å². The van der Waals surface area contributed by atoms with Crippen molar-refractivity contribution < 1.29 is 14.3 Å². The number of hydrogen-bond acceptors (Lipinski definition) is 4. The average molecular weight is 250 g/mol. The SMILES string of the molecule is COC(=O)C(C)NC(=O)c1cccc(N(C)C)c1. The number of carbonyl (C=O) groups excluding carboxylic acids is 2. The second-order valence-corrected chi connectivity index (χ2v) is 4.16. The van der Waals surface area contributed by atoms with Gasteiger partial charge in [0, 0.05) is 25.3 Å². The summed E-state index contributed by atoms with van der Waals surface area (Å²) in [6.45, 7) is 1.58. The molecule has 1 N–H and O–H groups in total. The summed E-state index contributed by atoms with van der Waals surface area (Å²) < 4.78 is 4.55. The van der Waals surface area contributed by atoms with E-state index in [1.807, 2.05) is 25.1 Å². The van der Waals surface area contributed by atoms with Gasteiger partial charge < -0.3 is 15.0 Å². The molecule has 1 unspecified atom stereocenters. The van der Waals surface area contributed by atoms with Gasteiger partial charge in [-0.05, 0) is 25.1 Å². The van der Waals surface area contributed by atoms with Gasteiger partial charge in [-0.3, -0.25) is 4.79 Å². The fourth-order valence-electron chi connectivity index (χ4n) is 1.44. The Morgan fingerprint density at radius 2 is 2.00 bits per heavy atom. The van der Waals surface area contributed by atoms with Gasteiger partial charge in [-0.1, -0.05) is 6.07 Å². The zero-order valence-corrected chi connectivity index (χ0v) is 11.1. The van der Waals surface area contributed by atoms with Crippen molar-refractivity contribution >= 4 is 17.6 Å². The van der Waals surface area contributed by atoms with E-state index in [2.05, 4.69) is 10.1 Å². The van der Waals surface area contributed by atoms with Crippen molar-refractivity contribution in [2.45, 2.75) is 13.0 Å². The summed E-state index contributed by atoms with van der Waals surface area (Å²) >= 11 is 0. The smallest absolute Gasteiger partial charge is 0.328 e. The summed E-state index contributed by atoms with van der Waals surface area (Å²) in [7, 11) is 5.08. The molecule has 0 bridgehead atoms. The monoisotopic (exact) mass is 250 g/mol. The molecular formula is C13H18N2O3. The van der Waals surface area contributed by atoms with Gasteiger partial charge in [-0.25, -0.2) is 4.79 Å². The maximum absolute atomic E-state index is 11.9. The molecule has 0 saturated carbocycles. The van der Waals surface area contributed by atoms with Crippen LogP contribution in [-0.2, 0) is 9.53 Å². The fraction of sp³-hybridized carbons (Fsp3) is 0.385. The lowest BCUT2D eigenvalue weighted by atomic mass is 10.1. The summed E-state index contributed by atoms with van der Waals surface area (Å²) in [5.74, 6) is -0.760. The van der Waals surface area contributed by atoms with E-state index in [9.17, 15) is 9.59 Å². The van der Waals surface area contributed by atoms with E-state index in [0.29, 0.717) is 5.56 Å². The summed E-state index contributed by atoms with van der Waals surface area (Å²) in [6, 6.07) is 6.50. The minimum Gasteiger partial charge on any atom is -0.467 e. The highest BCUT2D eigenvalue weighted by Crippen LogP contribution is 2.13. The van der Waals surface area contributed by atoms with Gasteiger partial charge in [0.1, 0.15) is 6.04 Å². The van der Waals surface area contributed by atoms with Crippen LogP contribution >= 0.6 is 0 Å². The first-order chi connectivity index (χ1) is 8.45. The molecule has 1 rings (SSSR count). The summed E-state index contributed by atoms with van der Waals surface area (Å²) in [4.78, 5) is 25.0. The Morgan fingerprint density at radius 3 is 2.56 bits per heavy atom. The van der Waals surface area contributed by atoms with Gasteiger partial charge in [0.2, 0.25) is 0 Å². The highest BCUT2D eigenvalue weighted by Gasteiger charge is 2.16. The number of amides is 1. The molecule has 18 heavy (non-hydrogen) atoms. The van der Waals surface area contributed by atoms with Crippen molar-refractivity contribution in [1.29, 1.82) is 0 Å². The van der Waals surface area contributed by atoms with Crippen LogP contribution in [0.5, 0.6) is 0 Å². The van der Waals surface area contributed by atoms with Crippen LogP contribution in [0.25, 0.3) is 0 Å². The molecule has 1 aromatic rings. The number of methoxy groups -OCH3 is 1. The van der Waals surface area contributed by atoms with Gasteiger partial charge in [0.25, 0.3) is 5.91 Å². The van der Waals surface area contributed by atoms with Crippen LogP contribution in [-0.4, -0.2) is 39.1 Å². The zero-order valence-electron chi connectivity index (χ0n) is 11.1. The molecule has 1 atom stereocenters. The number of ether oxygens (including phenoxy) is 1. The third-order valence-electron chi connectivity index (χ3n) is 2.53. The highest BCUT2D eigenvalue weighted by atomic mass is 16.5. The van der Waals surface area contributed by atoms with Crippen molar-refractivity contribution in [2.75, 3.05) is 26.1 Å². The minimum absolute atomic E-state index is 0.295. The lowest BCUT2D eigenvalue weighted by molar-refractivity contribution is -0.142. The van der Waals surface area contributed by atoms with E-state index in [1.165, 1.54) is 7.11 Å². The Hall–Kier alpha value is -2.04. The van der Waals surface area contributed by atoms with Crippen molar-refractivity contribution in [1.82, 2.24) is 5.32 Å². The number of benzene rings is 1. The molecule has 5 heteroatoms. The first-order valence-electron chi connectivity index (χ1n) is 5.61. The molecule has 5 nitrogen and oxygen atoms in total. The number of nitrogens with zero attached hydrogens (tertiary/aromatic N) is 1. The highest BCUT2D eigenvalue weighted by molar-refractivity contribution is 5.97. The Morgan fingerprint density at radius 1 is 1.33 bits per heavy atom. The quantitative estimate of drug-likeness (QED) is 0.811. The standard InChI is InChI=1S/C13H18N2O3/c1-9(13(17)18-4)14-12(16)10-6-5-7-11(8-10)15(2)3/h5-9H,1-4H3,(H,14,16). The number of carbonyl (C=O) groups is 2. The molecular weight excluding hydrogens is 232 g/mol. The molecule has 1 aromatic carbocycles. The van der Waals surface area contributed by atoms with Gasteiger partial charge in [-0.2, -0.15) is 0 Å². The molecule has 0 saturated heterocycles. The predicted octanol–water partition coefficient (Wildman–Crippen LogP) is 1.04. The number of esters is 1. The second kappa shape index (κ2) is 6.05. The number of nitrogens with one attached hydrogen (secondary N) is 1. The maximum atomic E-state index is 11.9. The van der Waals surface area contributed by atoms with E-state index < -0.39 is 12.0 Å². The molecule has 0 aliphatic rings. The summed E-state index contributed by atoms with van der Waals surface area (Å²) in [5, 5.41) is 2.58. The predicted molar refractivity (Wildman–Crippen MR) is 69.7 cm³/mol. The number of hydrogen-bond donors (Lipinski definition) is 1. The average Bonchev–Trinajstić information content (AvgIpc) is 2.37. The molecule has 0 aliphatic carbocycles. The van der Waals surface area contributed by atoms with E-state index in [0.717, 1.165) is 5.69 Å². The molecule has 0 fully saturated rings. The maximum Gasteiger partial charge on any atom is 0.328 e. The Kier molecular flexibility index (Phi) is 4.71. The minimum atomic E-state index is -0.662. The van der Waals surface area contributed by atoms with E-state index in [1.54, 1.807) is 25.1 Å². The van der Waals surface area contributed by atoms with Crippen molar-refractivity contribution in [3.63, 3.8) is 0 Å². The molecule has 0 aromatic heterocycles.